The van der Waals surface area contributed by atoms with E-state index in [0.717, 1.165) is 11.3 Å². The van der Waals surface area contributed by atoms with Gasteiger partial charge < -0.3 is 4.74 Å². The molecule has 4 amide bonds. The molecule has 1 heterocycles. The Morgan fingerprint density at radius 1 is 1.11 bits per heavy atom. The molecule has 0 bridgehead atoms. The molecule has 0 aromatic heterocycles. The van der Waals surface area contributed by atoms with Crippen LogP contribution in [0.25, 0.3) is 6.08 Å². The van der Waals surface area contributed by atoms with Crippen LogP contribution < -0.4 is 15.0 Å². The number of anilines is 1. The van der Waals surface area contributed by atoms with Crippen molar-refractivity contribution < 1.29 is 19.1 Å². The first-order valence-corrected chi connectivity index (χ1v) is 8.78. The molecule has 1 aliphatic rings. The van der Waals surface area contributed by atoms with E-state index in [2.05, 4.69) is 5.32 Å². The highest BCUT2D eigenvalue weighted by Crippen LogP contribution is 2.29. The number of nitrogens with one attached hydrogen (secondary N) is 1. The van der Waals surface area contributed by atoms with Gasteiger partial charge in [0.25, 0.3) is 11.8 Å². The molecule has 0 spiro atoms. The Morgan fingerprint density at radius 3 is 2.63 bits per heavy atom. The van der Waals surface area contributed by atoms with Crippen molar-refractivity contribution in [1.29, 1.82) is 0 Å². The summed E-state index contributed by atoms with van der Waals surface area (Å²) in [5.41, 5.74) is 0.651. The molecule has 1 fully saturated rings. The van der Waals surface area contributed by atoms with E-state index < -0.39 is 17.8 Å². The highest BCUT2D eigenvalue weighted by Gasteiger charge is 2.37. The number of barbiturate groups is 1. The Labute approximate surface area is 161 Å². The lowest BCUT2D eigenvalue weighted by Crippen LogP contribution is -2.54. The number of nitrogens with zero attached hydrogens (tertiary/aromatic N) is 1. The summed E-state index contributed by atoms with van der Waals surface area (Å²) >= 11 is 6.11. The maximum atomic E-state index is 12.8. The number of hydrogen-bond acceptors (Lipinski definition) is 4. The fourth-order valence-corrected chi connectivity index (χ4v) is 2.81. The van der Waals surface area contributed by atoms with Crippen molar-refractivity contribution in [2.24, 2.45) is 0 Å². The van der Waals surface area contributed by atoms with Crippen LogP contribution in [0.1, 0.15) is 18.9 Å². The Balaban J connectivity index is 1.96. The van der Waals surface area contributed by atoms with Crippen LogP contribution in [0.4, 0.5) is 10.5 Å². The van der Waals surface area contributed by atoms with Crippen molar-refractivity contribution in [1.82, 2.24) is 5.32 Å². The number of carbonyl (C=O) groups is 3. The molecule has 0 radical (unpaired) electrons. The van der Waals surface area contributed by atoms with Crippen LogP contribution in [0.15, 0.2) is 54.1 Å². The van der Waals surface area contributed by atoms with Crippen LogP contribution in [0, 0.1) is 0 Å². The first-order chi connectivity index (χ1) is 13.0. The van der Waals surface area contributed by atoms with E-state index in [0.29, 0.717) is 17.9 Å². The van der Waals surface area contributed by atoms with Crippen molar-refractivity contribution >= 4 is 41.2 Å². The molecule has 2 aromatic carbocycles. The smallest absolute Gasteiger partial charge is 0.335 e. The molecular weight excluding hydrogens is 368 g/mol. The molecule has 1 saturated heterocycles. The van der Waals surface area contributed by atoms with Gasteiger partial charge in [-0.05, 0) is 42.3 Å². The average Bonchev–Trinajstić information content (AvgIpc) is 2.65. The zero-order valence-corrected chi connectivity index (χ0v) is 15.3. The molecule has 1 N–H and O–H groups in total. The minimum Gasteiger partial charge on any atom is -0.494 e. The van der Waals surface area contributed by atoms with Gasteiger partial charge in [-0.2, -0.15) is 0 Å². The summed E-state index contributed by atoms with van der Waals surface area (Å²) in [7, 11) is 0. The predicted octanol–water partition coefficient (Wildman–Crippen LogP) is 3.80. The molecule has 0 saturated carbocycles. The van der Waals surface area contributed by atoms with Gasteiger partial charge in [0.15, 0.2) is 0 Å². The highest BCUT2D eigenvalue weighted by molar-refractivity contribution is 6.42. The zero-order valence-electron chi connectivity index (χ0n) is 14.6. The van der Waals surface area contributed by atoms with Gasteiger partial charge in [-0.25, -0.2) is 9.69 Å². The number of imide groups is 2. The third-order valence-electron chi connectivity index (χ3n) is 3.84. The summed E-state index contributed by atoms with van der Waals surface area (Å²) in [6.07, 6.45) is 2.29. The van der Waals surface area contributed by atoms with Crippen molar-refractivity contribution in [3.63, 3.8) is 0 Å². The lowest BCUT2D eigenvalue weighted by Gasteiger charge is -2.27. The van der Waals surface area contributed by atoms with Crippen molar-refractivity contribution in [3.8, 4) is 5.75 Å². The van der Waals surface area contributed by atoms with Crippen LogP contribution in [0.5, 0.6) is 5.75 Å². The summed E-state index contributed by atoms with van der Waals surface area (Å²) in [5, 5.41) is 2.40. The number of carbonyl (C=O) groups excluding carboxylic acids is 3. The predicted molar refractivity (Wildman–Crippen MR) is 103 cm³/mol. The average molecular weight is 385 g/mol. The number of benzene rings is 2. The van der Waals surface area contributed by atoms with Gasteiger partial charge >= 0.3 is 6.03 Å². The molecule has 0 atom stereocenters. The van der Waals surface area contributed by atoms with E-state index in [1.54, 1.807) is 42.5 Å². The lowest BCUT2D eigenvalue weighted by molar-refractivity contribution is -0.122. The van der Waals surface area contributed by atoms with E-state index in [-0.39, 0.29) is 16.3 Å². The summed E-state index contributed by atoms with van der Waals surface area (Å²) in [4.78, 5) is 38.1. The van der Waals surface area contributed by atoms with Crippen LogP contribution in [0.3, 0.4) is 0 Å². The SMILES string of the molecule is CCCOc1cccc(/C=C2/C(=O)NC(=O)N(c3ccccc3Cl)C2=O)c1. The third kappa shape index (κ3) is 4.01. The maximum Gasteiger partial charge on any atom is 0.335 e. The first-order valence-electron chi connectivity index (χ1n) is 8.40. The number of para-hydroxylation sites is 1. The van der Waals surface area contributed by atoms with Gasteiger partial charge in [0.05, 0.1) is 17.3 Å². The largest absolute Gasteiger partial charge is 0.494 e. The second-order valence-corrected chi connectivity index (χ2v) is 6.24. The van der Waals surface area contributed by atoms with E-state index in [4.69, 9.17) is 16.3 Å². The Hall–Kier alpha value is -3.12. The number of rotatable bonds is 5. The van der Waals surface area contributed by atoms with Gasteiger partial charge in [0.2, 0.25) is 0 Å². The van der Waals surface area contributed by atoms with Crippen LogP contribution in [-0.4, -0.2) is 24.5 Å². The maximum absolute atomic E-state index is 12.8. The minimum absolute atomic E-state index is 0.165. The summed E-state index contributed by atoms with van der Waals surface area (Å²) in [6, 6.07) is 12.6. The topological polar surface area (TPSA) is 75.7 Å². The summed E-state index contributed by atoms with van der Waals surface area (Å²) in [6.45, 7) is 2.56. The van der Waals surface area contributed by atoms with Gasteiger partial charge in [-0.1, -0.05) is 42.8 Å². The van der Waals surface area contributed by atoms with Gasteiger partial charge in [0.1, 0.15) is 11.3 Å². The summed E-state index contributed by atoms with van der Waals surface area (Å²) < 4.78 is 5.57. The Morgan fingerprint density at radius 2 is 1.89 bits per heavy atom. The molecular formula is C20H17ClN2O4. The number of ether oxygens (including phenoxy) is 1. The monoisotopic (exact) mass is 384 g/mol. The van der Waals surface area contributed by atoms with Crippen LogP contribution >= 0.6 is 11.6 Å². The van der Waals surface area contributed by atoms with Gasteiger partial charge in [-0.3, -0.25) is 14.9 Å². The Bertz CT molecular complexity index is 939. The normalized spacial score (nSPS) is 15.9. The molecule has 2 aromatic rings. The zero-order chi connectivity index (χ0) is 19.4. The molecule has 6 nitrogen and oxygen atoms in total. The van der Waals surface area contributed by atoms with Crippen LogP contribution in [0.2, 0.25) is 5.02 Å². The fraction of sp³-hybridized carbons (Fsp3) is 0.150. The first kappa shape index (κ1) is 18.7. The van der Waals surface area contributed by atoms with Crippen molar-refractivity contribution in [2.75, 3.05) is 11.5 Å². The van der Waals surface area contributed by atoms with Crippen LogP contribution in [-0.2, 0) is 9.59 Å². The van der Waals surface area contributed by atoms with Gasteiger partial charge in [-0.15, -0.1) is 0 Å². The minimum atomic E-state index is -0.838. The second-order valence-electron chi connectivity index (χ2n) is 5.83. The van der Waals surface area contributed by atoms with E-state index >= 15 is 0 Å². The quantitative estimate of drug-likeness (QED) is 0.628. The van der Waals surface area contributed by atoms with E-state index in [9.17, 15) is 14.4 Å². The number of urea groups is 1. The van der Waals surface area contributed by atoms with Crippen molar-refractivity contribution in [2.45, 2.75) is 13.3 Å². The molecule has 27 heavy (non-hydrogen) atoms. The van der Waals surface area contributed by atoms with Crippen molar-refractivity contribution in [3.05, 3.63) is 64.7 Å². The van der Waals surface area contributed by atoms with Gasteiger partial charge in [0, 0.05) is 0 Å². The second kappa shape index (κ2) is 8.05. The number of amides is 4. The number of halogens is 1. The summed E-state index contributed by atoms with van der Waals surface area (Å²) in [5.74, 6) is -0.862. The molecule has 0 aliphatic carbocycles. The lowest BCUT2D eigenvalue weighted by atomic mass is 10.1. The standard InChI is InChI=1S/C20H17ClN2O4/c1-2-10-27-14-7-5-6-13(11-14)12-15-18(24)22-20(26)23(19(15)25)17-9-4-3-8-16(17)21/h3-9,11-12H,2,10H2,1H3,(H,22,24,26)/b15-12-. The fourth-order valence-electron chi connectivity index (χ4n) is 2.59. The molecule has 0 unspecified atom stereocenters. The third-order valence-corrected chi connectivity index (χ3v) is 4.16. The molecule has 3 rings (SSSR count). The molecule has 138 valence electrons. The molecule has 7 heteroatoms. The number of hydrogen-bond donors (Lipinski definition) is 1. The van der Waals surface area contributed by atoms with E-state index in [1.807, 2.05) is 6.92 Å². The van der Waals surface area contributed by atoms with E-state index in [1.165, 1.54) is 12.1 Å². The molecule has 1 aliphatic heterocycles. The Kier molecular flexibility index (Phi) is 5.57. The highest BCUT2D eigenvalue weighted by atomic mass is 35.5.